The highest BCUT2D eigenvalue weighted by atomic mass is 16.5. The lowest BCUT2D eigenvalue weighted by atomic mass is 10.1. The Morgan fingerprint density at radius 3 is 2.65 bits per heavy atom. The van der Waals surface area contributed by atoms with Crippen molar-refractivity contribution in [3.63, 3.8) is 0 Å². The third kappa shape index (κ3) is 6.29. The van der Waals surface area contributed by atoms with Crippen LogP contribution in [-0.2, 0) is 27.3 Å². The van der Waals surface area contributed by atoms with Crippen LogP contribution in [0.4, 0.5) is 0 Å². The van der Waals surface area contributed by atoms with Gasteiger partial charge in [0.2, 0.25) is 0 Å². The van der Waals surface area contributed by atoms with E-state index in [1.54, 1.807) is 23.1 Å². The van der Waals surface area contributed by atoms with Gasteiger partial charge in [0.15, 0.2) is 6.61 Å². The molecule has 1 amide bonds. The minimum atomic E-state index is -0.422. The van der Waals surface area contributed by atoms with Crippen LogP contribution in [-0.4, -0.2) is 64.4 Å². The van der Waals surface area contributed by atoms with Crippen molar-refractivity contribution in [2.24, 2.45) is 0 Å². The number of piperazine rings is 1. The number of para-hydroxylation sites is 1. The Morgan fingerprint density at radius 1 is 1.06 bits per heavy atom. The summed E-state index contributed by atoms with van der Waals surface area (Å²) in [6, 6.07) is 15.6. The third-order valence-corrected chi connectivity index (χ3v) is 6.03. The van der Waals surface area contributed by atoms with E-state index in [1.165, 1.54) is 11.1 Å². The molecule has 0 bridgehead atoms. The fourth-order valence-electron chi connectivity index (χ4n) is 4.18. The number of nitrogens with zero attached hydrogens (tertiary/aromatic N) is 3. The van der Waals surface area contributed by atoms with Crippen molar-refractivity contribution in [3.05, 3.63) is 75.8 Å². The van der Waals surface area contributed by atoms with E-state index in [-0.39, 0.29) is 24.5 Å². The predicted molar refractivity (Wildman–Crippen MR) is 129 cm³/mol. The zero-order chi connectivity index (χ0) is 23.9. The second-order valence-electron chi connectivity index (χ2n) is 8.69. The predicted octanol–water partition coefficient (Wildman–Crippen LogP) is 2.44. The van der Waals surface area contributed by atoms with Crippen LogP contribution in [0.5, 0.6) is 0 Å². The Morgan fingerprint density at radius 2 is 1.85 bits per heavy atom. The van der Waals surface area contributed by atoms with Crippen LogP contribution in [0, 0.1) is 6.92 Å². The Kier molecular flexibility index (Phi) is 7.69. The highest BCUT2D eigenvalue weighted by Gasteiger charge is 2.22. The van der Waals surface area contributed by atoms with Gasteiger partial charge in [0, 0.05) is 45.6 Å². The number of H-pyrrole nitrogens is 1. The first kappa shape index (κ1) is 23.6. The molecule has 0 spiro atoms. The highest BCUT2D eigenvalue weighted by molar-refractivity contribution is 5.80. The number of hydrogen-bond donors (Lipinski definition) is 1. The van der Waals surface area contributed by atoms with Crippen LogP contribution in [0.2, 0.25) is 0 Å². The molecule has 8 nitrogen and oxygen atoms in total. The van der Waals surface area contributed by atoms with Gasteiger partial charge in [-0.3, -0.25) is 19.3 Å². The van der Waals surface area contributed by atoms with Crippen molar-refractivity contribution in [2.45, 2.75) is 32.7 Å². The summed E-state index contributed by atoms with van der Waals surface area (Å²) in [6.07, 6.45) is 1.09. The molecule has 0 atom stereocenters. The van der Waals surface area contributed by atoms with Crippen molar-refractivity contribution < 1.29 is 14.3 Å². The summed E-state index contributed by atoms with van der Waals surface area (Å²) >= 11 is 0. The summed E-state index contributed by atoms with van der Waals surface area (Å²) in [5, 5.41) is 0.542. The number of aryl methyl sites for hydroxylation is 2. The molecule has 1 aromatic heterocycles. The monoisotopic (exact) mass is 462 g/mol. The first-order valence-electron chi connectivity index (χ1n) is 11.7. The van der Waals surface area contributed by atoms with E-state index in [0.29, 0.717) is 42.7 Å². The SMILES string of the molecule is Cc1cccc(CN2CCN(C(=O)COC(=O)CCCc3nc4ccccc4c(=O)[nH]3)CC2)c1. The minimum absolute atomic E-state index is 0.161. The molecule has 1 aliphatic heterocycles. The first-order chi connectivity index (χ1) is 16.5. The molecule has 3 aromatic rings. The van der Waals surface area contributed by atoms with E-state index in [9.17, 15) is 14.4 Å². The minimum Gasteiger partial charge on any atom is -0.456 e. The van der Waals surface area contributed by atoms with Crippen LogP contribution >= 0.6 is 0 Å². The molecule has 1 fully saturated rings. The Balaban J connectivity index is 1.15. The molecule has 8 heteroatoms. The van der Waals surface area contributed by atoms with Gasteiger partial charge in [-0.05, 0) is 31.0 Å². The van der Waals surface area contributed by atoms with Crippen molar-refractivity contribution in [3.8, 4) is 0 Å². The number of nitrogens with one attached hydrogen (secondary N) is 1. The standard InChI is InChI=1S/C26H30N4O4/c1-19-6-4-7-20(16-19)17-29-12-14-30(15-13-29)24(31)18-34-25(32)11-5-10-23-27-22-9-3-2-8-21(22)26(33)28-23/h2-4,6-9,16H,5,10-15,17-18H2,1H3,(H,27,28,33). The first-order valence-corrected chi connectivity index (χ1v) is 11.7. The molecule has 1 aliphatic rings. The summed E-state index contributed by atoms with van der Waals surface area (Å²) in [6.45, 7) is 5.57. The average Bonchev–Trinajstić information content (AvgIpc) is 2.83. The van der Waals surface area contributed by atoms with Gasteiger partial charge in [-0.2, -0.15) is 0 Å². The number of esters is 1. The molecule has 178 valence electrons. The lowest BCUT2D eigenvalue weighted by Gasteiger charge is -2.34. The lowest BCUT2D eigenvalue weighted by Crippen LogP contribution is -2.49. The van der Waals surface area contributed by atoms with E-state index >= 15 is 0 Å². The van der Waals surface area contributed by atoms with E-state index in [1.807, 2.05) is 6.07 Å². The van der Waals surface area contributed by atoms with Crippen LogP contribution in [0.1, 0.15) is 29.8 Å². The van der Waals surface area contributed by atoms with Gasteiger partial charge in [0.25, 0.3) is 11.5 Å². The van der Waals surface area contributed by atoms with Crippen molar-refractivity contribution >= 4 is 22.8 Å². The zero-order valence-corrected chi connectivity index (χ0v) is 19.5. The number of carbonyl (C=O) groups is 2. The summed E-state index contributed by atoms with van der Waals surface area (Å²) in [7, 11) is 0. The number of aromatic amines is 1. The number of benzene rings is 2. The molecule has 0 saturated carbocycles. The van der Waals surface area contributed by atoms with Crippen molar-refractivity contribution in [1.29, 1.82) is 0 Å². The molecule has 0 aliphatic carbocycles. The molecule has 2 aromatic carbocycles. The number of amides is 1. The average molecular weight is 463 g/mol. The smallest absolute Gasteiger partial charge is 0.306 e. The molecule has 34 heavy (non-hydrogen) atoms. The molecule has 2 heterocycles. The van der Waals surface area contributed by atoms with E-state index in [4.69, 9.17) is 4.74 Å². The molecular formula is C26H30N4O4. The number of rotatable bonds is 8. The fraction of sp³-hybridized carbons (Fsp3) is 0.385. The largest absolute Gasteiger partial charge is 0.456 e. The quantitative estimate of drug-likeness (QED) is 0.517. The Labute approximate surface area is 198 Å². The number of carbonyl (C=O) groups excluding carboxylic acids is 2. The van der Waals surface area contributed by atoms with Crippen LogP contribution in [0.3, 0.4) is 0 Å². The van der Waals surface area contributed by atoms with Crippen molar-refractivity contribution in [2.75, 3.05) is 32.8 Å². The maximum atomic E-state index is 12.4. The van der Waals surface area contributed by atoms with Crippen LogP contribution in [0.25, 0.3) is 10.9 Å². The van der Waals surface area contributed by atoms with Crippen LogP contribution < -0.4 is 5.56 Å². The van der Waals surface area contributed by atoms with Gasteiger partial charge >= 0.3 is 5.97 Å². The fourth-order valence-corrected chi connectivity index (χ4v) is 4.18. The van der Waals surface area contributed by atoms with Gasteiger partial charge < -0.3 is 14.6 Å². The molecule has 0 unspecified atom stereocenters. The summed E-state index contributed by atoms with van der Waals surface area (Å²) < 4.78 is 5.19. The highest BCUT2D eigenvalue weighted by Crippen LogP contribution is 2.11. The molecule has 4 rings (SSSR count). The third-order valence-electron chi connectivity index (χ3n) is 6.03. The topological polar surface area (TPSA) is 95.6 Å². The second-order valence-corrected chi connectivity index (χ2v) is 8.69. The van der Waals surface area contributed by atoms with Gasteiger partial charge in [0.1, 0.15) is 5.82 Å². The molecule has 1 N–H and O–H groups in total. The maximum absolute atomic E-state index is 12.4. The van der Waals surface area contributed by atoms with Gasteiger partial charge in [-0.1, -0.05) is 42.0 Å². The summed E-state index contributed by atoms with van der Waals surface area (Å²) in [4.78, 5) is 47.9. The van der Waals surface area contributed by atoms with Crippen molar-refractivity contribution in [1.82, 2.24) is 19.8 Å². The number of fused-ring (bicyclic) bond motifs is 1. The van der Waals surface area contributed by atoms with Gasteiger partial charge in [-0.25, -0.2) is 4.98 Å². The number of ether oxygens (including phenoxy) is 1. The van der Waals surface area contributed by atoms with Gasteiger partial charge in [-0.15, -0.1) is 0 Å². The summed E-state index contributed by atoms with van der Waals surface area (Å²) in [5.74, 6) is -0.0465. The summed E-state index contributed by atoms with van der Waals surface area (Å²) in [5.41, 5.74) is 2.97. The normalized spacial score (nSPS) is 14.3. The van der Waals surface area contributed by atoms with E-state index in [0.717, 1.165) is 19.6 Å². The zero-order valence-electron chi connectivity index (χ0n) is 19.5. The molecular weight excluding hydrogens is 432 g/mol. The Hall–Kier alpha value is -3.52. The van der Waals surface area contributed by atoms with E-state index in [2.05, 4.69) is 46.1 Å². The Bertz CT molecular complexity index is 1210. The lowest BCUT2D eigenvalue weighted by molar-refractivity contribution is -0.152. The van der Waals surface area contributed by atoms with Gasteiger partial charge in [0.05, 0.1) is 10.9 Å². The maximum Gasteiger partial charge on any atom is 0.306 e. The molecule has 0 radical (unpaired) electrons. The second kappa shape index (κ2) is 11.1. The van der Waals surface area contributed by atoms with E-state index < -0.39 is 5.97 Å². The van der Waals surface area contributed by atoms with Crippen LogP contribution in [0.15, 0.2) is 53.3 Å². The number of hydrogen-bond acceptors (Lipinski definition) is 6. The molecule has 1 saturated heterocycles. The number of aromatic nitrogens is 2.